The fourth-order valence-electron chi connectivity index (χ4n) is 1.88. The average Bonchev–Trinajstić information content (AvgIpc) is 2.47. The molecule has 23 heavy (non-hydrogen) atoms. The monoisotopic (exact) mass is 342 g/mol. The lowest BCUT2D eigenvalue weighted by molar-refractivity contribution is -0.137. The zero-order valence-corrected chi connectivity index (χ0v) is 12.9. The first-order valence-electron chi connectivity index (χ1n) is 6.73. The summed E-state index contributed by atoms with van der Waals surface area (Å²) in [5, 5.41) is 5.81. The van der Waals surface area contributed by atoms with Crippen LogP contribution < -0.4 is 10.6 Å². The highest BCUT2D eigenvalue weighted by atomic mass is 35.5. The molecule has 0 aliphatic carbocycles. The van der Waals surface area contributed by atoms with Gasteiger partial charge in [0.25, 0.3) is 0 Å². The van der Waals surface area contributed by atoms with Crippen molar-refractivity contribution in [3.8, 4) is 0 Å². The van der Waals surface area contributed by atoms with E-state index in [1.807, 2.05) is 13.0 Å². The van der Waals surface area contributed by atoms with Crippen LogP contribution >= 0.6 is 11.6 Å². The quantitative estimate of drug-likeness (QED) is 0.844. The van der Waals surface area contributed by atoms with E-state index in [-0.39, 0.29) is 12.5 Å². The minimum atomic E-state index is -4.38. The maximum absolute atomic E-state index is 12.4. The Balaban J connectivity index is 1.91. The van der Waals surface area contributed by atoms with Gasteiger partial charge >= 0.3 is 6.18 Å². The molecule has 1 amide bonds. The van der Waals surface area contributed by atoms with Gasteiger partial charge in [0.05, 0.1) is 22.8 Å². The minimum Gasteiger partial charge on any atom is -0.376 e. The van der Waals surface area contributed by atoms with Crippen molar-refractivity contribution in [2.75, 3.05) is 17.2 Å². The summed E-state index contributed by atoms with van der Waals surface area (Å²) in [5.74, 6) is -0.351. The van der Waals surface area contributed by atoms with Crippen LogP contribution in [-0.4, -0.2) is 12.5 Å². The minimum absolute atomic E-state index is 0.0877. The molecular weight excluding hydrogens is 329 g/mol. The molecule has 2 N–H and O–H groups in total. The molecule has 0 radical (unpaired) electrons. The molecule has 7 heteroatoms. The number of carbonyl (C=O) groups is 1. The number of alkyl halides is 3. The average molecular weight is 343 g/mol. The van der Waals surface area contributed by atoms with Crippen LogP contribution in [0.2, 0.25) is 5.02 Å². The topological polar surface area (TPSA) is 41.1 Å². The van der Waals surface area contributed by atoms with Gasteiger partial charge in [0.15, 0.2) is 0 Å². The summed E-state index contributed by atoms with van der Waals surface area (Å²) in [5.41, 5.74) is 1.13. The molecule has 0 atom stereocenters. The van der Waals surface area contributed by atoms with Gasteiger partial charge in [-0.1, -0.05) is 17.7 Å². The first kappa shape index (κ1) is 17.1. The predicted octanol–water partition coefficient (Wildman–Crippen LogP) is 4.72. The third-order valence-electron chi connectivity index (χ3n) is 3.06. The van der Waals surface area contributed by atoms with Crippen molar-refractivity contribution in [2.45, 2.75) is 13.1 Å². The Kier molecular flexibility index (Phi) is 5.15. The summed E-state index contributed by atoms with van der Waals surface area (Å²) in [6.45, 7) is 1.79. The molecule has 0 aliphatic heterocycles. The molecule has 0 bridgehead atoms. The number of rotatable bonds is 4. The lowest BCUT2D eigenvalue weighted by atomic mass is 10.2. The SMILES string of the molecule is Cc1ccc(NC(=O)CNc2ccc(C(F)(F)F)cc2)c(Cl)c1. The lowest BCUT2D eigenvalue weighted by Gasteiger charge is -2.11. The highest BCUT2D eigenvalue weighted by Gasteiger charge is 2.29. The van der Waals surface area contributed by atoms with E-state index in [1.54, 1.807) is 12.1 Å². The third-order valence-corrected chi connectivity index (χ3v) is 3.38. The van der Waals surface area contributed by atoms with Crippen LogP contribution in [0.1, 0.15) is 11.1 Å². The van der Waals surface area contributed by atoms with Gasteiger partial charge < -0.3 is 10.6 Å². The van der Waals surface area contributed by atoms with E-state index in [0.717, 1.165) is 17.7 Å². The van der Waals surface area contributed by atoms with Crippen molar-refractivity contribution in [1.29, 1.82) is 0 Å². The lowest BCUT2D eigenvalue weighted by Crippen LogP contribution is -2.22. The van der Waals surface area contributed by atoms with Crippen molar-refractivity contribution in [3.63, 3.8) is 0 Å². The Morgan fingerprint density at radius 1 is 1.13 bits per heavy atom. The molecular formula is C16H14ClF3N2O. The van der Waals surface area contributed by atoms with Crippen molar-refractivity contribution in [3.05, 3.63) is 58.6 Å². The first-order valence-corrected chi connectivity index (χ1v) is 7.10. The van der Waals surface area contributed by atoms with E-state index in [1.165, 1.54) is 12.1 Å². The van der Waals surface area contributed by atoms with Gasteiger partial charge in [-0.05, 0) is 48.9 Å². The third kappa shape index (κ3) is 4.89. The van der Waals surface area contributed by atoms with Gasteiger partial charge in [-0.2, -0.15) is 13.2 Å². The summed E-state index contributed by atoms with van der Waals surface area (Å²) < 4.78 is 37.3. The smallest absolute Gasteiger partial charge is 0.376 e. The van der Waals surface area contributed by atoms with Crippen LogP contribution in [0.5, 0.6) is 0 Å². The zero-order chi connectivity index (χ0) is 17.0. The number of carbonyl (C=O) groups excluding carboxylic acids is 1. The highest BCUT2D eigenvalue weighted by Crippen LogP contribution is 2.29. The summed E-state index contributed by atoms with van der Waals surface area (Å²) in [4.78, 5) is 11.8. The molecule has 2 rings (SSSR count). The molecule has 2 aromatic carbocycles. The summed E-state index contributed by atoms with van der Waals surface area (Å²) >= 11 is 6.01. The molecule has 0 saturated heterocycles. The van der Waals surface area contributed by atoms with E-state index in [9.17, 15) is 18.0 Å². The fourth-order valence-corrected chi connectivity index (χ4v) is 2.16. The maximum Gasteiger partial charge on any atom is 0.416 e. The van der Waals surface area contributed by atoms with Gasteiger partial charge in [-0.25, -0.2) is 0 Å². The number of amides is 1. The zero-order valence-electron chi connectivity index (χ0n) is 12.2. The largest absolute Gasteiger partial charge is 0.416 e. The molecule has 0 fully saturated rings. The second kappa shape index (κ2) is 6.91. The molecule has 0 spiro atoms. The summed E-state index contributed by atoms with van der Waals surface area (Å²) in [6.07, 6.45) is -4.38. The molecule has 0 saturated carbocycles. The normalized spacial score (nSPS) is 11.2. The maximum atomic E-state index is 12.4. The molecule has 2 aromatic rings. The molecule has 0 heterocycles. The van der Waals surface area contributed by atoms with Crippen molar-refractivity contribution in [1.82, 2.24) is 0 Å². The van der Waals surface area contributed by atoms with E-state index >= 15 is 0 Å². The van der Waals surface area contributed by atoms with E-state index in [0.29, 0.717) is 16.4 Å². The highest BCUT2D eigenvalue weighted by molar-refractivity contribution is 6.33. The van der Waals surface area contributed by atoms with Crippen LogP contribution in [0, 0.1) is 6.92 Å². The standard InChI is InChI=1S/C16H14ClF3N2O/c1-10-2-7-14(13(17)8-10)22-15(23)9-21-12-5-3-11(4-6-12)16(18,19)20/h2-8,21H,9H2,1H3,(H,22,23). The molecule has 0 aromatic heterocycles. The van der Waals surface area contributed by atoms with Gasteiger partial charge in [0.1, 0.15) is 0 Å². The van der Waals surface area contributed by atoms with Crippen LogP contribution in [0.3, 0.4) is 0 Å². The number of aryl methyl sites for hydroxylation is 1. The van der Waals surface area contributed by atoms with Gasteiger partial charge in [-0.15, -0.1) is 0 Å². The molecule has 0 aliphatic rings. The van der Waals surface area contributed by atoms with Gasteiger partial charge in [0.2, 0.25) is 5.91 Å². The van der Waals surface area contributed by atoms with E-state index < -0.39 is 11.7 Å². The van der Waals surface area contributed by atoms with Gasteiger partial charge in [0, 0.05) is 5.69 Å². The van der Waals surface area contributed by atoms with Crippen molar-refractivity contribution >= 4 is 28.9 Å². The molecule has 3 nitrogen and oxygen atoms in total. The first-order chi connectivity index (χ1) is 10.8. The Hall–Kier alpha value is -2.21. The second-order valence-electron chi connectivity index (χ2n) is 4.96. The fraction of sp³-hybridized carbons (Fsp3) is 0.188. The Bertz CT molecular complexity index is 699. The Morgan fingerprint density at radius 3 is 2.35 bits per heavy atom. The van der Waals surface area contributed by atoms with Crippen LogP contribution in [-0.2, 0) is 11.0 Å². The number of hydrogen-bond donors (Lipinski definition) is 2. The number of anilines is 2. The van der Waals surface area contributed by atoms with Crippen LogP contribution in [0.25, 0.3) is 0 Å². The van der Waals surface area contributed by atoms with Gasteiger partial charge in [-0.3, -0.25) is 4.79 Å². The Morgan fingerprint density at radius 2 is 1.78 bits per heavy atom. The number of halogens is 4. The van der Waals surface area contributed by atoms with E-state index in [2.05, 4.69) is 10.6 Å². The number of nitrogens with one attached hydrogen (secondary N) is 2. The van der Waals surface area contributed by atoms with Crippen LogP contribution in [0.4, 0.5) is 24.5 Å². The molecule has 0 unspecified atom stereocenters. The Labute approximate surface area is 136 Å². The summed E-state index contributed by atoms with van der Waals surface area (Å²) in [7, 11) is 0. The summed E-state index contributed by atoms with van der Waals surface area (Å²) in [6, 6.07) is 9.68. The van der Waals surface area contributed by atoms with E-state index in [4.69, 9.17) is 11.6 Å². The second-order valence-corrected chi connectivity index (χ2v) is 5.37. The predicted molar refractivity (Wildman–Crippen MR) is 84.8 cm³/mol. The number of benzene rings is 2. The number of hydrogen-bond acceptors (Lipinski definition) is 2. The van der Waals surface area contributed by atoms with Crippen LogP contribution in [0.15, 0.2) is 42.5 Å². The molecule has 122 valence electrons. The van der Waals surface area contributed by atoms with Crippen molar-refractivity contribution < 1.29 is 18.0 Å². The van der Waals surface area contributed by atoms with Crippen molar-refractivity contribution in [2.24, 2.45) is 0 Å².